The summed E-state index contributed by atoms with van der Waals surface area (Å²) in [6.07, 6.45) is 0. The zero-order chi connectivity index (χ0) is 13.4. The molecule has 1 aliphatic rings. The predicted molar refractivity (Wildman–Crippen MR) is 77.1 cm³/mol. The van der Waals surface area contributed by atoms with Crippen LogP contribution in [0.15, 0.2) is 17.1 Å². The van der Waals surface area contributed by atoms with E-state index >= 15 is 0 Å². The molecule has 1 aliphatic heterocycles. The van der Waals surface area contributed by atoms with E-state index in [-0.39, 0.29) is 6.04 Å². The third kappa shape index (κ3) is 1.85. The Kier molecular flexibility index (Phi) is 2.53. The normalized spacial score (nSPS) is 16.9. The number of guanidine groups is 1. The van der Waals surface area contributed by atoms with Gasteiger partial charge in [-0.15, -0.1) is 5.92 Å². The van der Waals surface area contributed by atoms with E-state index in [9.17, 15) is 0 Å². The minimum absolute atomic E-state index is 0.230. The number of aromatic nitrogens is 2. The van der Waals surface area contributed by atoms with E-state index < -0.39 is 0 Å². The lowest BCUT2D eigenvalue weighted by Gasteiger charge is -2.20. The maximum absolute atomic E-state index is 5.78. The molecule has 0 bridgehead atoms. The summed E-state index contributed by atoms with van der Waals surface area (Å²) in [5.74, 6) is 7.04. The molecule has 0 aliphatic carbocycles. The van der Waals surface area contributed by atoms with Gasteiger partial charge in [-0.1, -0.05) is 5.92 Å². The van der Waals surface area contributed by atoms with Gasteiger partial charge in [-0.25, -0.2) is 9.98 Å². The number of aromatic amines is 1. The third-order valence-corrected chi connectivity index (χ3v) is 3.00. The van der Waals surface area contributed by atoms with Gasteiger partial charge in [0, 0.05) is 18.3 Å². The zero-order valence-corrected chi connectivity index (χ0v) is 10.7. The molecule has 0 unspecified atom stereocenters. The van der Waals surface area contributed by atoms with Gasteiger partial charge < -0.3 is 21.4 Å². The molecule has 1 aromatic carbocycles. The molecule has 0 saturated heterocycles. The number of nitrogens with zero attached hydrogens (tertiary/aromatic N) is 2. The molecule has 19 heavy (non-hydrogen) atoms. The minimum atomic E-state index is -0.230. The Balaban J connectivity index is 2.19. The van der Waals surface area contributed by atoms with Crippen LogP contribution in [0.3, 0.4) is 0 Å². The van der Waals surface area contributed by atoms with Gasteiger partial charge in [0.05, 0.1) is 11.0 Å². The average molecular weight is 254 g/mol. The summed E-state index contributed by atoms with van der Waals surface area (Å²) < 4.78 is 0. The standard InChI is InChI=1S/C13H14N6/c1-3-4-8-7-5-10-11(19-13(15-2)18-10)6-9(7)17-12(14)16-8/h5-6,8H,1-2H3,(H3,14,16,17)(H2,15,18,19)/t8-/m1/s1. The fourth-order valence-corrected chi connectivity index (χ4v) is 2.15. The summed E-state index contributed by atoms with van der Waals surface area (Å²) in [5.41, 5.74) is 9.50. The Morgan fingerprint density at radius 2 is 2.26 bits per heavy atom. The molecule has 6 nitrogen and oxygen atoms in total. The highest BCUT2D eigenvalue weighted by Crippen LogP contribution is 2.32. The fraction of sp³-hybridized carbons (Fsp3) is 0.231. The molecular formula is C13H14N6. The van der Waals surface area contributed by atoms with E-state index in [1.165, 1.54) is 0 Å². The van der Waals surface area contributed by atoms with Crippen molar-refractivity contribution >= 4 is 28.6 Å². The van der Waals surface area contributed by atoms with Crippen LogP contribution in [-0.2, 0) is 0 Å². The van der Waals surface area contributed by atoms with Gasteiger partial charge in [-0.05, 0) is 19.1 Å². The number of hydrogen-bond acceptors (Lipinski definition) is 5. The molecular weight excluding hydrogens is 240 g/mol. The maximum atomic E-state index is 5.78. The lowest BCUT2D eigenvalue weighted by molar-refractivity contribution is 0.928. The van der Waals surface area contributed by atoms with Crippen molar-refractivity contribution in [3.8, 4) is 11.8 Å². The Morgan fingerprint density at radius 1 is 1.42 bits per heavy atom. The second kappa shape index (κ2) is 4.21. The Labute approximate surface area is 110 Å². The molecule has 0 spiro atoms. The summed E-state index contributed by atoms with van der Waals surface area (Å²) in [6, 6.07) is 3.73. The number of rotatable bonds is 1. The smallest absolute Gasteiger partial charge is 0.200 e. The number of hydrogen-bond donors (Lipinski definition) is 4. The number of nitrogens with one attached hydrogen (secondary N) is 3. The largest absolute Gasteiger partial charge is 0.370 e. The lowest BCUT2D eigenvalue weighted by atomic mass is 10.0. The van der Waals surface area contributed by atoms with E-state index in [2.05, 4.69) is 37.4 Å². The van der Waals surface area contributed by atoms with E-state index in [1.54, 1.807) is 6.92 Å². The van der Waals surface area contributed by atoms with Crippen LogP contribution in [0.5, 0.6) is 0 Å². The molecule has 0 fully saturated rings. The van der Waals surface area contributed by atoms with E-state index in [0.29, 0.717) is 5.96 Å². The van der Waals surface area contributed by atoms with Gasteiger partial charge >= 0.3 is 0 Å². The molecule has 96 valence electrons. The van der Waals surface area contributed by atoms with Gasteiger partial charge in [-0.3, -0.25) is 0 Å². The highest BCUT2D eigenvalue weighted by Gasteiger charge is 2.20. The van der Waals surface area contributed by atoms with Crippen molar-refractivity contribution in [3.05, 3.63) is 17.7 Å². The van der Waals surface area contributed by atoms with Crippen LogP contribution in [0.25, 0.3) is 11.0 Å². The van der Waals surface area contributed by atoms with Crippen molar-refractivity contribution in [3.63, 3.8) is 0 Å². The molecule has 0 amide bonds. The molecule has 1 atom stereocenters. The second-order valence-electron chi connectivity index (χ2n) is 4.23. The lowest BCUT2D eigenvalue weighted by Crippen LogP contribution is -2.27. The Hall–Kier alpha value is -2.68. The van der Waals surface area contributed by atoms with Crippen LogP contribution in [0.2, 0.25) is 0 Å². The third-order valence-electron chi connectivity index (χ3n) is 3.00. The molecule has 2 heterocycles. The average Bonchev–Trinajstić information content (AvgIpc) is 2.78. The minimum Gasteiger partial charge on any atom is -0.370 e. The van der Waals surface area contributed by atoms with Crippen molar-refractivity contribution in [2.24, 2.45) is 10.7 Å². The van der Waals surface area contributed by atoms with Crippen LogP contribution in [-0.4, -0.2) is 23.0 Å². The molecule has 6 heteroatoms. The molecule has 0 saturated carbocycles. The van der Waals surface area contributed by atoms with E-state index in [1.807, 2.05) is 19.2 Å². The summed E-state index contributed by atoms with van der Waals surface area (Å²) >= 11 is 0. The monoisotopic (exact) mass is 254 g/mol. The first kappa shape index (κ1) is 11.4. The maximum Gasteiger partial charge on any atom is 0.200 e. The van der Waals surface area contributed by atoms with Crippen molar-refractivity contribution in [1.82, 2.24) is 9.97 Å². The van der Waals surface area contributed by atoms with E-state index in [4.69, 9.17) is 5.73 Å². The van der Waals surface area contributed by atoms with Gasteiger partial charge in [-0.2, -0.15) is 0 Å². The van der Waals surface area contributed by atoms with Crippen molar-refractivity contribution < 1.29 is 0 Å². The molecule has 2 aromatic rings. The van der Waals surface area contributed by atoms with Crippen molar-refractivity contribution in [2.75, 3.05) is 17.7 Å². The van der Waals surface area contributed by atoms with Crippen LogP contribution >= 0.6 is 0 Å². The summed E-state index contributed by atoms with van der Waals surface area (Å²) in [7, 11) is 1.82. The first-order chi connectivity index (χ1) is 9.21. The number of anilines is 2. The molecule has 1 aromatic heterocycles. The number of fused-ring (bicyclic) bond motifs is 2. The number of H-pyrrole nitrogens is 1. The van der Waals surface area contributed by atoms with Gasteiger partial charge in [0.2, 0.25) is 5.95 Å². The first-order valence-electron chi connectivity index (χ1n) is 5.95. The first-order valence-corrected chi connectivity index (χ1v) is 5.95. The molecule has 5 N–H and O–H groups in total. The summed E-state index contributed by atoms with van der Waals surface area (Å²) in [6.45, 7) is 1.79. The van der Waals surface area contributed by atoms with Crippen molar-refractivity contribution in [1.29, 1.82) is 0 Å². The quantitative estimate of drug-likeness (QED) is 0.579. The number of imidazole rings is 1. The highest BCUT2D eigenvalue weighted by molar-refractivity contribution is 5.98. The van der Waals surface area contributed by atoms with E-state index in [0.717, 1.165) is 28.2 Å². The van der Waals surface area contributed by atoms with Crippen LogP contribution in [0, 0.1) is 11.8 Å². The molecule has 3 rings (SSSR count). The fourth-order valence-electron chi connectivity index (χ4n) is 2.15. The van der Waals surface area contributed by atoms with Crippen LogP contribution in [0.4, 0.5) is 11.6 Å². The zero-order valence-electron chi connectivity index (χ0n) is 10.7. The second-order valence-corrected chi connectivity index (χ2v) is 4.23. The van der Waals surface area contributed by atoms with Crippen LogP contribution < -0.4 is 16.4 Å². The number of aliphatic imine (C=N–C) groups is 1. The SMILES string of the molecule is CC#C[C@H]1N=C(N)Nc2cc3nc(NC)[nH]c3cc21. The molecule has 0 radical (unpaired) electrons. The van der Waals surface area contributed by atoms with Gasteiger partial charge in [0.15, 0.2) is 5.96 Å². The number of nitrogens with two attached hydrogens (primary N) is 1. The van der Waals surface area contributed by atoms with Gasteiger partial charge in [0.1, 0.15) is 6.04 Å². The van der Waals surface area contributed by atoms with Gasteiger partial charge in [0.25, 0.3) is 0 Å². The topological polar surface area (TPSA) is 91.1 Å². The number of benzene rings is 1. The van der Waals surface area contributed by atoms with Crippen LogP contribution in [0.1, 0.15) is 18.5 Å². The predicted octanol–water partition coefficient (Wildman–Crippen LogP) is 1.41. The summed E-state index contributed by atoms with van der Waals surface area (Å²) in [5, 5.41) is 6.04. The Bertz CT molecular complexity index is 731. The summed E-state index contributed by atoms with van der Waals surface area (Å²) in [4.78, 5) is 11.9. The van der Waals surface area contributed by atoms with Crippen molar-refractivity contribution in [2.45, 2.75) is 13.0 Å². The highest BCUT2D eigenvalue weighted by atomic mass is 15.1. The Morgan fingerprint density at radius 3 is 3.00 bits per heavy atom.